The molecule has 1 amide bonds. The minimum absolute atomic E-state index is 0.0338. The van der Waals surface area contributed by atoms with Gasteiger partial charge in [0.1, 0.15) is 6.61 Å². The van der Waals surface area contributed by atoms with Gasteiger partial charge in [0, 0.05) is 18.2 Å². The number of nitrogens with one attached hydrogen (secondary N) is 1. The number of carbonyl (C=O) groups excluding carboxylic acids is 1. The van der Waals surface area contributed by atoms with Crippen molar-refractivity contribution in [1.82, 2.24) is 10.2 Å². The summed E-state index contributed by atoms with van der Waals surface area (Å²) >= 11 is 0. The third-order valence-corrected chi connectivity index (χ3v) is 6.31. The Morgan fingerprint density at radius 3 is 2.70 bits per heavy atom. The van der Waals surface area contributed by atoms with E-state index < -0.39 is 0 Å². The van der Waals surface area contributed by atoms with Crippen LogP contribution in [0.2, 0.25) is 0 Å². The SMILES string of the molecule is O=C(N[C@H]1CN2CCC1CC2)c1ccc2c(c1)OC[C@H](COCc1ccccc1)O2. The molecule has 3 fully saturated rings. The molecule has 30 heavy (non-hydrogen) atoms. The maximum Gasteiger partial charge on any atom is 0.251 e. The van der Waals surface area contributed by atoms with Crippen molar-refractivity contribution in [2.45, 2.75) is 31.6 Å². The lowest BCUT2D eigenvalue weighted by molar-refractivity contribution is 0.00267. The van der Waals surface area contributed by atoms with Gasteiger partial charge in [-0.15, -0.1) is 0 Å². The van der Waals surface area contributed by atoms with Crippen LogP contribution in [0, 0.1) is 5.92 Å². The van der Waals surface area contributed by atoms with Crippen LogP contribution in [0.1, 0.15) is 28.8 Å². The molecule has 4 aliphatic rings. The van der Waals surface area contributed by atoms with E-state index in [2.05, 4.69) is 10.2 Å². The fourth-order valence-electron chi connectivity index (χ4n) is 4.60. The number of rotatable bonds is 6. The van der Waals surface area contributed by atoms with Crippen molar-refractivity contribution in [2.75, 3.05) is 32.8 Å². The van der Waals surface area contributed by atoms with Crippen LogP contribution in [0.3, 0.4) is 0 Å². The summed E-state index contributed by atoms with van der Waals surface area (Å²) in [5.41, 5.74) is 1.75. The maximum atomic E-state index is 12.8. The van der Waals surface area contributed by atoms with E-state index in [1.54, 1.807) is 6.07 Å². The van der Waals surface area contributed by atoms with Gasteiger partial charge in [-0.25, -0.2) is 0 Å². The normalized spacial score (nSPS) is 26.9. The highest BCUT2D eigenvalue weighted by Gasteiger charge is 2.35. The van der Waals surface area contributed by atoms with Crippen LogP contribution in [-0.2, 0) is 11.3 Å². The van der Waals surface area contributed by atoms with E-state index in [0.29, 0.717) is 42.8 Å². The molecule has 4 aliphatic heterocycles. The highest BCUT2D eigenvalue weighted by atomic mass is 16.6. The Bertz CT molecular complexity index is 880. The van der Waals surface area contributed by atoms with E-state index in [-0.39, 0.29) is 18.1 Å². The Morgan fingerprint density at radius 1 is 1.10 bits per heavy atom. The molecule has 2 bridgehead atoms. The number of piperidine rings is 3. The largest absolute Gasteiger partial charge is 0.486 e. The topological polar surface area (TPSA) is 60.0 Å². The fraction of sp³-hybridized carbons (Fsp3) is 0.458. The molecule has 6 nitrogen and oxygen atoms in total. The molecular weight excluding hydrogens is 380 g/mol. The standard InChI is InChI=1S/C24H28N2O4/c27-24(25-21-13-26-10-8-18(21)9-11-26)19-6-7-22-23(12-19)29-16-20(30-22)15-28-14-17-4-2-1-3-5-17/h1-7,12,18,20-21H,8-11,13-16H2,(H,25,27)/t20-,21-/m0/s1. The zero-order valence-electron chi connectivity index (χ0n) is 17.1. The Balaban J connectivity index is 1.15. The van der Waals surface area contributed by atoms with E-state index in [1.807, 2.05) is 42.5 Å². The first-order chi connectivity index (χ1) is 14.7. The van der Waals surface area contributed by atoms with Crippen LogP contribution in [0.25, 0.3) is 0 Å². The third kappa shape index (κ3) is 4.30. The summed E-state index contributed by atoms with van der Waals surface area (Å²) in [7, 11) is 0. The van der Waals surface area contributed by atoms with Crippen LogP contribution >= 0.6 is 0 Å². The predicted molar refractivity (Wildman–Crippen MR) is 113 cm³/mol. The monoisotopic (exact) mass is 408 g/mol. The van der Waals surface area contributed by atoms with Gasteiger partial charge in [-0.05, 0) is 55.6 Å². The average molecular weight is 408 g/mol. The lowest BCUT2D eigenvalue weighted by atomic mass is 9.84. The molecule has 0 spiro atoms. The Hall–Kier alpha value is -2.57. The summed E-state index contributed by atoms with van der Waals surface area (Å²) in [6.07, 6.45) is 2.20. The molecule has 0 radical (unpaired) electrons. The van der Waals surface area contributed by atoms with Gasteiger partial charge in [0.05, 0.1) is 13.2 Å². The Kier molecular flexibility index (Phi) is 5.60. The number of hydrogen-bond acceptors (Lipinski definition) is 5. The van der Waals surface area contributed by atoms with E-state index in [0.717, 1.165) is 25.2 Å². The second-order valence-corrected chi connectivity index (χ2v) is 8.43. The lowest BCUT2D eigenvalue weighted by Gasteiger charge is -2.44. The number of nitrogens with zero attached hydrogens (tertiary/aromatic N) is 1. The second kappa shape index (κ2) is 8.66. The van der Waals surface area contributed by atoms with Gasteiger partial charge in [0.2, 0.25) is 0 Å². The van der Waals surface area contributed by atoms with Crippen molar-refractivity contribution < 1.29 is 19.0 Å². The summed E-state index contributed by atoms with van der Waals surface area (Å²) in [5, 5.41) is 3.23. The molecule has 1 N–H and O–H groups in total. The molecule has 2 aromatic rings. The summed E-state index contributed by atoms with van der Waals surface area (Å²) in [4.78, 5) is 15.2. The molecular formula is C24H28N2O4. The van der Waals surface area contributed by atoms with E-state index in [1.165, 1.54) is 12.8 Å². The van der Waals surface area contributed by atoms with Gasteiger partial charge >= 0.3 is 0 Å². The summed E-state index contributed by atoms with van der Waals surface area (Å²) in [6.45, 7) is 4.70. The van der Waals surface area contributed by atoms with Gasteiger partial charge in [-0.2, -0.15) is 0 Å². The molecule has 158 valence electrons. The summed E-state index contributed by atoms with van der Waals surface area (Å²) in [5.74, 6) is 1.85. The Morgan fingerprint density at radius 2 is 1.93 bits per heavy atom. The molecule has 2 aromatic carbocycles. The van der Waals surface area contributed by atoms with Gasteiger partial charge < -0.3 is 24.4 Å². The highest BCUT2D eigenvalue weighted by Crippen LogP contribution is 2.33. The molecule has 6 heteroatoms. The van der Waals surface area contributed by atoms with Gasteiger partial charge in [-0.1, -0.05) is 30.3 Å². The minimum atomic E-state index is -0.160. The fourth-order valence-corrected chi connectivity index (χ4v) is 4.60. The van der Waals surface area contributed by atoms with Crippen molar-refractivity contribution >= 4 is 5.91 Å². The molecule has 0 saturated carbocycles. The first-order valence-corrected chi connectivity index (χ1v) is 10.8. The molecule has 0 aromatic heterocycles. The van der Waals surface area contributed by atoms with Crippen molar-refractivity contribution in [2.24, 2.45) is 5.92 Å². The first-order valence-electron chi connectivity index (χ1n) is 10.8. The molecule has 2 atom stereocenters. The van der Waals surface area contributed by atoms with Crippen molar-refractivity contribution in [3.63, 3.8) is 0 Å². The van der Waals surface area contributed by atoms with Crippen LogP contribution in [-0.4, -0.2) is 55.8 Å². The van der Waals surface area contributed by atoms with Crippen LogP contribution in [0.5, 0.6) is 11.5 Å². The van der Waals surface area contributed by atoms with Crippen LogP contribution in [0.4, 0.5) is 0 Å². The number of benzene rings is 2. The average Bonchev–Trinajstić information content (AvgIpc) is 2.80. The molecule has 0 unspecified atom stereocenters. The van der Waals surface area contributed by atoms with E-state index in [9.17, 15) is 4.79 Å². The van der Waals surface area contributed by atoms with Gasteiger partial charge in [-0.3, -0.25) is 4.79 Å². The van der Waals surface area contributed by atoms with Crippen LogP contribution < -0.4 is 14.8 Å². The smallest absolute Gasteiger partial charge is 0.251 e. The molecule has 0 aliphatic carbocycles. The Labute approximate surface area is 177 Å². The van der Waals surface area contributed by atoms with Gasteiger partial charge in [0.25, 0.3) is 5.91 Å². The number of fused-ring (bicyclic) bond motifs is 4. The first kappa shape index (κ1) is 19.4. The maximum absolute atomic E-state index is 12.8. The number of carbonyl (C=O) groups is 1. The highest BCUT2D eigenvalue weighted by molar-refractivity contribution is 5.95. The van der Waals surface area contributed by atoms with Crippen LogP contribution in [0.15, 0.2) is 48.5 Å². The number of amides is 1. The van der Waals surface area contributed by atoms with Crippen molar-refractivity contribution in [3.8, 4) is 11.5 Å². The number of hydrogen-bond donors (Lipinski definition) is 1. The summed E-state index contributed by atoms with van der Waals surface area (Å²) < 4.78 is 17.7. The quantitative estimate of drug-likeness (QED) is 0.797. The summed E-state index contributed by atoms with van der Waals surface area (Å²) in [6, 6.07) is 15.7. The predicted octanol–water partition coefficient (Wildman–Crippen LogP) is 2.87. The minimum Gasteiger partial charge on any atom is -0.486 e. The molecule has 6 rings (SSSR count). The number of ether oxygens (including phenoxy) is 3. The third-order valence-electron chi connectivity index (χ3n) is 6.31. The molecule has 4 heterocycles. The zero-order valence-corrected chi connectivity index (χ0v) is 17.1. The zero-order chi connectivity index (χ0) is 20.3. The van der Waals surface area contributed by atoms with Gasteiger partial charge in [0.15, 0.2) is 17.6 Å². The van der Waals surface area contributed by atoms with Crippen molar-refractivity contribution in [3.05, 3.63) is 59.7 Å². The lowest BCUT2D eigenvalue weighted by Crippen LogP contribution is -2.57. The van der Waals surface area contributed by atoms with E-state index in [4.69, 9.17) is 14.2 Å². The second-order valence-electron chi connectivity index (χ2n) is 8.43. The van der Waals surface area contributed by atoms with E-state index >= 15 is 0 Å². The molecule has 3 saturated heterocycles. The van der Waals surface area contributed by atoms with Crippen molar-refractivity contribution in [1.29, 1.82) is 0 Å².